The van der Waals surface area contributed by atoms with Gasteiger partial charge in [-0.25, -0.2) is 4.79 Å². The van der Waals surface area contributed by atoms with Crippen LogP contribution in [0.25, 0.3) is 0 Å². The summed E-state index contributed by atoms with van der Waals surface area (Å²) in [5, 5.41) is 47.1. The average Bonchev–Trinajstić information content (AvgIpc) is 2.32. The quantitative estimate of drug-likeness (QED) is 0.283. The Labute approximate surface area is 97.5 Å². The highest BCUT2D eigenvalue weighted by atomic mass is 16.4. The van der Waals surface area contributed by atoms with Crippen molar-refractivity contribution in [2.24, 2.45) is 0 Å². The Morgan fingerprint density at radius 3 is 2.06 bits per heavy atom. The molecule has 0 fully saturated rings. The fraction of sp³-hybridized carbons (Fsp3) is 0.778. The number of carboxylic acid groups (broad SMARTS) is 1. The number of nitrogens with one attached hydrogen (secondary N) is 1. The van der Waals surface area contributed by atoms with Crippen LogP contribution in [0.3, 0.4) is 0 Å². The second-order valence-electron chi connectivity index (χ2n) is 3.47. The molecule has 100 valence electrons. The van der Waals surface area contributed by atoms with E-state index >= 15 is 0 Å². The van der Waals surface area contributed by atoms with Crippen LogP contribution in [0.5, 0.6) is 0 Å². The van der Waals surface area contributed by atoms with Gasteiger partial charge in [0.2, 0.25) is 5.91 Å². The van der Waals surface area contributed by atoms with Crippen molar-refractivity contribution in [3.8, 4) is 0 Å². The Bertz CT molecular complexity index is 270. The van der Waals surface area contributed by atoms with Gasteiger partial charge in [0.05, 0.1) is 6.61 Å². The lowest BCUT2D eigenvalue weighted by atomic mass is 10.0. The van der Waals surface area contributed by atoms with E-state index in [9.17, 15) is 19.8 Å². The van der Waals surface area contributed by atoms with Crippen LogP contribution in [0.1, 0.15) is 13.3 Å². The molecule has 0 aromatic carbocycles. The molecule has 0 heterocycles. The van der Waals surface area contributed by atoms with Gasteiger partial charge in [0, 0.05) is 6.42 Å². The first-order valence-corrected chi connectivity index (χ1v) is 5.02. The van der Waals surface area contributed by atoms with Gasteiger partial charge in [-0.1, -0.05) is 6.92 Å². The normalized spacial score (nSPS) is 17.9. The van der Waals surface area contributed by atoms with Crippen LogP contribution in [0, 0.1) is 0 Å². The Hall–Kier alpha value is -1.22. The molecule has 0 aromatic rings. The van der Waals surface area contributed by atoms with Crippen LogP contribution in [0.2, 0.25) is 0 Å². The topological polar surface area (TPSA) is 147 Å². The first-order valence-electron chi connectivity index (χ1n) is 5.02. The lowest BCUT2D eigenvalue weighted by Gasteiger charge is -2.26. The van der Waals surface area contributed by atoms with Crippen LogP contribution in [-0.4, -0.2) is 68.4 Å². The van der Waals surface area contributed by atoms with Gasteiger partial charge in [-0.05, 0) is 0 Å². The number of rotatable bonds is 7. The van der Waals surface area contributed by atoms with Crippen LogP contribution < -0.4 is 5.32 Å². The minimum Gasteiger partial charge on any atom is -0.480 e. The van der Waals surface area contributed by atoms with E-state index < -0.39 is 42.8 Å². The Morgan fingerprint density at radius 2 is 1.71 bits per heavy atom. The molecular weight excluding hydrogens is 234 g/mol. The van der Waals surface area contributed by atoms with Crippen LogP contribution in [0.4, 0.5) is 0 Å². The van der Waals surface area contributed by atoms with Crippen molar-refractivity contribution in [1.29, 1.82) is 0 Å². The van der Waals surface area contributed by atoms with Crippen LogP contribution in [0.15, 0.2) is 0 Å². The summed E-state index contributed by atoms with van der Waals surface area (Å²) in [6, 6.07) is -1.75. The van der Waals surface area contributed by atoms with Gasteiger partial charge in [0.15, 0.2) is 6.04 Å². The predicted octanol–water partition coefficient (Wildman–Crippen LogP) is -2.96. The zero-order valence-electron chi connectivity index (χ0n) is 9.28. The molecule has 17 heavy (non-hydrogen) atoms. The molecule has 0 rings (SSSR count). The molecule has 6 N–H and O–H groups in total. The molecule has 0 saturated carbocycles. The smallest absolute Gasteiger partial charge is 0.329 e. The van der Waals surface area contributed by atoms with E-state index in [2.05, 4.69) is 0 Å². The van der Waals surface area contributed by atoms with Gasteiger partial charge in [-0.3, -0.25) is 4.79 Å². The summed E-state index contributed by atoms with van der Waals surface area (Å²) in [6.45, 7) is 0.645. The number of aliphatic hydroxyl groups excluding tert-OH is 4. The van der Waals surface area contributed by atoms with E-state index in [1.807, 2.05) is 5.32 Å². The molecule has 0 spiro atoms. The number of aliphatic carboxylic acids is 1. The van der Waals surface area contributed by atoms with Crippen LogP contribution in [-0.2, 0) is 9.59 Å². The van der Waals surface area contributed by atoms with E-state index in [1.165, 1.54) is 6.92 Å². The Morgan fingerprint density at radius 1 is 1.18 bits per heavy atom. The Balaban J connectivity index is 4.70. The summed E-state index contributed by atoms with van der Waals surface area (Å²) in [6.07, 6.45) is -5.48. The second-order valence-corrected chi connectivity index (χ2v) is 3.47. The zero-order chi connectivity index (χ0) is 13.6. The predicted molar refractivity (Wildman–Crippen MR) is 55.0 cm³/mol. The number of carbonyl (C=O) groups excluding carboxylic acids is 1. The molecule has 0 aliphatic carbocycles. The van der Waals surface area contributed by atoms with Crippen molar-refractivity contribution in [1.82, 2.24) is 5.32 Å². The second kappa shape index (κ2) is 7.17. The number of hydrogen-bond acceptors (Lipinski definition) is 6. The lowest BCUT2D eigenvalue weighted by molar-refractivity contribution is -0.151. The number of carbonyl (C=O) groups is 2. The highest BCUT2D eigenvalue weighted by Gasteiger charge is 2.36. The van der Waals surface area contributed by atoms with Crippen molar-refractivity contribution < 1.29 is 35.1 Å². The SMILES string of the molecule is CCC(=O)N[C@@H](C(=O)O)[C@@H](O)[C@@H](O)[C@H](O)CO. The first kappa shape index (κ1) is 15.8. The third-order valence-electron chi connectivity index (χ3n) is 2.18. The van der Waals surface area contributed by atoms with Crippen molar-refractivity contribution >= 4 is 11.9 Å². The maximum absolute atomic E-state index is 11.0. The van der Waals surface area contributed by atoms with Crippen molar-refractivity contribution in [3.05, 3.63) is 0 Å². The van der Waals surface area contributed by atoms with Crippen molar-refractivity contribution in [2.45, 2.75) is 37.7 Å². The zero-order valence-corrected chi connectivity index (χ0v) is 9.28. The summed E-state index contributed by atoms with van der Waals surface area (Å²) in [7, 11) is 0. The minimum atomic E-state index is -1.93. The van der Waals surface area contributed by atoms with Gasteiger partial charge < -0.3 is 30.8 Å². The monoisotopic (exact) mass is 251 g/mol. The molecule has 4 atom stereocenters. The van der Waals surface area contributed by atoms with Gasteiger partial charge in [-0.15, -0.1) is 0 Å². The molecule has 0 aromatic heterocycles. The van der Waals surface area contributed by atoms with Gasteiger partial charge in [0.1, 0.15) is 18.3 Å². The Kier molecular flexibility index (Phi) is 6.66. The number of aliphatic hydroxyl groups is 4. The molecule has 0 saturated heterocycles. The van der Waals surface area contributed by atoms with E-state index in [0.717, 1.165) is 0 Å². The van der Waals surface area contributed by atoms with E-state index in [4.69, 9.17) is 15.3 Å². The average molecular weight is 251 g/mol. The third-order valence-corrected chi connectivity index (χ3v) is 2.18. The van der Waals surface area contributed by atoms with E-state index in [1.54, 1.807) is 0 Å². The molecule has 8 heteroatoms. The summed E-state index contributed by atoms with van der Waals surface area (Å²) >= 11 is 0. The standard InChI is InChI=1S/C9H17NO7/c1-2-5(13)10-6(9(16)17)8(15)7(14)4(12)3-11/h4,6-8,11-12,14-15H,2-3H2,1H3,(H,10,13)(H,16,17)/t4-,6-,7+,8-/m1/s1. The largest absolute Gasteiger partial charge is 0.480 e. The first-order chi connectivity index (χ1) is 7.84. The number of carboxylic acids is 1. The van der Waals surface area contributed by atoms with Gasteiger partial charge in [0.25, 0.3) is 0 Å². The number of amides is 1. The minimum absolute atomic E-state index is 0.00908. The van der Waals surface area contributed by atoms with Crippen molar-refractivity contribution in [3.63, 3.8) is 0 Å². The van der Waals surface area contributed by atoms with E-state index in [-0.39, 0.29) is 6.42 Å². The maximum atomic E-state index is 11.0. The highest BCUT2D eigenvalue weighted by molar-refractivity contribution is 5.83. The summed E-state index contributed by atoms with van der Waals surface area (Å²) in [5.74, 6) is -2.18. The molecular formula is C9H17NO7. The molecule has 0 aliphatic rings. The molecule has 0 bridgehead atoms. The molecule has 0 radical (unpaired) electrons. The summed E-state index contributed by atoms with van der Waals surface area (Å²) < 4.78 is 0. The maximum Gasteiger partial charge on any atom is 0.329 e. The molecule has 1 amide bonds. The highest BCUT2D eigenvalue weighted by Crippen LogP contribution is 2.06. The molecule has 8 nitrogen and oxygen atoms in total. The van der Waals surface area contributed by atoms with Crippen LogP contribution >= 0.6 is 0 Å². The third kappa shape index (κ3) is 4.65. The van der Waals surface area contributed by atoms with Gasteiger partial charge in [-0.2, -0.15) is 0 Å². The fourth-order valence-corrected chi connectivity index (χ4v) is 1.10. The summed E-state index contributed by atoms with van der Waals surface area (Å²) in [4.78, 5) is 21.8. The summed E-state index contributed by atoms with van der Waals surface area (Å²) in [5.41, 5.74) is 0. The fourth-order valence-electron chi connectivity index (χ4n) is 1.10. The number of hydrogen-bond donors (Lipinski definition) is 6. The van der Waals surface area contributed by atoms with E-state index in [0.29, 0.717) is 0 Å². The molecule has 0 aliphatic heterocycles. The lowest BCUT2D eigenvalue weighted by Crippen LogP contribution is -2.56. The van der Waals surface area contributed by atoms with Gasteiger partial charge >= 0.3 is 5.97 Å². The molecule has 0 unspecified atom stereocenters. The van der Waals surface area contributed by atoms with Crippen molar-refractivity contribution in [2.75, 3.05) is 6.61 Å².